The van der Waals surface area contributed by atoms with Gasteiger partial charge in [-0.3, -0.25) is 9.78 Å². The van der Waals surface area contributed by atoms with Crippen molar-refractivity contribution >= 4 is 5.91 Å². The number of alkyl halides is 3. The SMILES string of the molecule is Cc1cc(-c2cccc3c2CCN(C(=O)c2ccc(C(F)(F)F)nc2)C3)cc(C)c1O. The van der Waals surface area contributed by atoms with E-state index in [1.54, 1.807) is 4.90 Å². The second-order valence-electron chi connectivity index (χ2n) is 7.81. The highest BCUT2D eigenvalue weighted by Crippen LogP contribution is 2.34. The van der Waals surface area contributed by atoms with Gasteiger partial charge in [-0.05, 0) is 77.9 Å². The van der Waals surface area contributed by atoms with Crippen LogP contribution in [0.25, 0.3) is 11.1 Å². The summed E-state index contributed by atoms with van der Waals surface area (Å²) >= 11 is 0. The quantitative estimate of drug-likeness (QED) is 0.606. The number of aromatic nitrogens is 1. The Balaban J connectivity index is 1.60. The number of aromatic hydroxyl groups is 1. The summed E-state index contributed by atoms with van der Waals surface area (Å²) in [6, 6.07) is 11.8. The number of phenolic OH excluding ortho intramolecular Hbond substituents is 1. The molecule has 0 spiro atoms. The van der Waals surface area contributed by atoms with Crippen molar-refractivity contribution in [2.45, 2.75) is 33.0 Å². The summed E-state index contributed by atoms with van der Waals surface area (Å²) in [5.74, 6) is -0.0518. The van der Waals surface area contributed by atoms with Gasteiger partial charge in [0.25, 0.3) is 5.91 Å². The van der Waals surface area contributed by atoms with Crippen LogP contribution in [0.3, 0.4) is 0 Å². The van der Waals surface area contributed by atoms with Gasteiger partial charge in [0.15, 0.2) is 0 Å². The van der Waals surface area contributed by atoms with E-state index in [-0.39, 0.29) is 17.2 Å². The Hall–Kier alpha value is -3.35. The van der Waals surface area contributed by atoms with E-state index in [2.05, 4.69) is 4.98 Å². The number of carbonyl (C=O) groups is 1. The number of rotatable bonds is 2. The number of benzene rings is 2. The van der Waals surface area contributed by atoms with E-state index in [1.165, 1.54) is 6.07 Å². The second kappa shape index (κ2) is 7.72. The molecule has 1 aliphatic heterocycles. The van der Waals surface area contributed by atoms with Crippen LogP contribution in [0.4, 0.5) is 13.2 Å². The second-order valence-corrected chi connectivity index (χ2v) is 7.81. The van der Waals surface area contributed by atoms with Gasteiger partial charge in [0, 0.05) is 19.3 Å². The van der Waals surface area contributed by atoms with Crippen molar-refractivity contribution in [3.05, 3.63) is 82.2 Å². The van der Waals surface area contributed by atoms with Crippen LogP contribution in [0.2, 0.25) is 0 Å². The van der Waals surface area contributed by atoms with Crippen molar-refractivity contribution in [2.24, 2.45) is 0 Å². The molecule has 7 heteroatoms. The van der Waals surface area contributed by atoms with Crippen LogP contribution < -0.4 is 0 Å². The van der Waals surface area contributed by atoms with Gasteiger partial charge < -0.3 is 10.0 Å². The monoisotopic (exact) mass is 426 g/mol. The molecule has 0 atom stereocenters. The van der Waals surface area contributed by atoms with Gasteiger partial charge in [0.2, 0.25) is 0 Å². The number of amides is 1. The minimum absolute atomic E-state index is 0.136. The molecular formula is C24H21F3N2O2. The van der Waals surface area contributed by atoms with E-state index in [4.69, 9.17) is 0 Å². The zero-order chi connectivity index (χ0) is 22.3. The fourth-order valence-electron chi connectivity index (χ4n) is 4.04. The molecule has 0 aliphatic carbocycles. The van der Waals surface area contributed by atoms with Gasteiger partial charge >= 0.3 is 6.18 Å². The minimum Gasteiger partial charge on any atom is -0.507 e. The van der Waals surface area contributed by atoms with Crippen LogP contribution in [0.1, 0.15) is 38.3 Å². The first kappa shape index (κ1) is 20.9. The third-order valence-corrected chi connectivity index (χ3v) is 5.66. The molecule has 0 bridgehead atoms. The van der Waals surface area contributed by atoms with Gasteiger partial charge in [-0.15, -0.1) is 0 Å². The van der Waals surface area contributed by atoms with E-state index in [9.17, 15) is 23.1 Å². The minimum atomic E-state index is -4.53. The molecule has 0 saturated carbocycles. The lowest BCUT2D eigenvalue weighted by molar-refractivity contribution is -0.141. The number of halogens is 3. The van der Waals surface area contributed by atoms with Crippen LogP contribution in [0.5, 0.6) is 5.75 Å². The van der Waals surface area contributed by atoms with Crippen molar-refractivity contribution in [3.8, 4) is 16.9 Å². The summed E-state index contributed by atoms with van der Waals surface area (Å²) in [5.41, 5.74) is 4.94. The Labute approximate surface area is 178 Å². The molecule has 4 nitrogen and oxygen atoms in total. The number of phenols is 1. The number of nitrogens with zero attached hydrogens (tertiary/aromatic N) is 2. The van der Waals surface area contributed by atoms with Crippen LogP contribution in [0.15, 0.2) is 48.7 Å². The maximum Gasteiger partial charge on any atom is 0.433 e. The summed E-state index contributed by atoms with van der Waals surface area (Å²) in [6.45, 7) is 4.55. The van der Waals surface area contributed by atoms with E-state index in [0.717, 1.165) is 45.6 Å². The normalized spacial score (nSPS) is 13.8. The summed E-state index contributed by atoms with van der Waals surface area (Å²) in [4.78, 5) is 17.9. The van der Waals surface area contributed by atoms with Crippen LogP contribution in [-0.4, -0.2) is 27.4 Å². The molecule has 0 saturated heterocycles. The lowest BCUT2D eigenvalue weighted by atomic mass is 9.89. The fourth-order valence-corrected chi connectivity index (χ4v) is 4.04. The summed E-state index contributed by atoms with van der Waals surface area (Å²) in [6.07, 6.45) is -2.92. The molecule has 2 heterocycles. The average molecular weight is 426 g/mol. The molecule has 1 aromatic heterocycles. The number of hydrogen-bond acceptors (Lipinski definition) is 3. The zero-order valence-corrected chi connectivity index (χ0v) is 17.1. The molecule has 3 aromatic rings. The summed E-state index contributed by atoms with van der Waals surface area (Å²) in [7, 11) is 0. The van der Waals surface area contributed by atoms with Crippen LogP contribution in [0, 0.1) is 13.8 Å². The Morgan fingerprint density at radius 1 is 1.10 bits per heavy atom. The molecule has 1 aliphatic rings. The largest absolute Gasteiger partial charge is 0.507 e. The van der Waals surface area contributed by atoms with Crippen LogP contribution >= 0.6 is 0 Å². The predicted molar refractivity (Wildman–Crippen MR) is 111 cm³/mol. The van der Waals surface area contributed by atoms with Crippen molar-refractivity contribution in [1.29, 1.82) is 0 Å². The Morgan fingerprint density at radius 3 is 2.42 bits per heavy atom. The van der Waals surface area contributed by atoms with Crippen molar-refractivity contribution in [1.82, 2.24) is 9.88 Å². The molecule has 1 N–H and O–H groups in total. The maximum absolute atomic E-state index is 12.8. The van der Waals surface area contributed by atoms with Gasteiger partial charge in [-0.2, -0.15) is 13.2 Å². The lowest BCUT2D eigenvalue weighted by Crippen LogP contribution is -2.36. The fraction of sp³-hybridized carbons (Fsp3) is 0.250. The van der Waals surface area contributed by atoms with Crippen molar-refractivity contribution < 1.29 is 23.1 Å². The van der Waals surface area contributed by atoms with E-state index < -0.39 is 11.9 Å². The molecule has 160 valence electrons. The first-order chi connectivity index (χ1) is 14.6. The molecule has 1 amide bonds. The van der Waals surface area contributed by atoms with Gasteiger partial charge in [0.1, 0.15) is 11.4 Å². The van der Waals surface area contributed by atoms with Gasteiger partial charge in [-0.25, -0.2) is 0 Å². The molecule has 31 heavy (non-hydrogen) atoms. The topological polar surface area (TPSA) is 53.4 Å². The van der Waals surface area contributed by atoms with Gasteiger partial charge in [0.05, 0.1) is 5.56 Å². The highest BCUT2D eigenvalue weighted by atomic mass is 19.4. The highest BCUT2D eigenvalue weighted by molar-refractivity contribution is 5.94. The summed E-state index contributed by atoms with van der Waals surface area (Å²) in [5, 5.41) is 10.1. The Morgan fingerprint density at radius 2 is 1.81 bits per heavy atom. The number of carbonyl (C=O) groups excluding carboxylic acids is 1. The highest BCUT2D eigenvalue weighted by Gasteiger charge is 2.32. The molecule has 0 radical (unpaired) electrons. The molecular weight excluding hydrogens is 405 g/mol. The summed E-state index contributed by atoms with van der Waals surface area (Å²) < 4.78 is 38.2. The number of aryl methyl sites for hydroxylation is 2. The molecule has 0 fully saturated rings. The lowest BCUT2D eigenvalue weighted by Gasteiger charge is -2.30. The smallest absolute Gasteiger partial charge is 0.433 e. The average Bonchev–Trinajstić information content (AvgIpc) is 2.75. The van der Waals surface area contributed by atoms with Crippen molar-refractivity contribution in [3.63, 3.8) is 0 Å². The van der Waals surface area contributed by atoms with Crippen molar-refractivity contribution in [2.75, 3.05) is 6.54 Å². The third kappa shape index (κ3) is 4.00. The standard InChI is InChI=1S/C24H21F3N2O2/c1-14-10-18(11-15(2)22(14)30)19-5-3-4-17-13-29(9-8-20(17)19)23(31)16-6-7-21(28-12-16)24(25,26)27/h3-7,10-12,30H,8-9,13H2,1-2H3. The third-order valence-electron chi connectivity index (χ3n) is 5.66. The molecule has 0 unspecified atom stereocenters. The van der Waals surface area contributed by atoms with E-state index in [0.29, 0.717) is 19.5 Å². The number of fused-ring (bicyclic) bond motifs is 1. The predicted octanol–water partition coefficient (Wildman–Crippen LogP) is 5.29. The first-order valence-electron chi connectivity index (χ1n) is 9.89. The first-order valence-corrected chi connectivity index (χ1v) is 9.89. The van der Waals surface area contributed by atoms with Crippen LogP contribution in [-0.2, 0) is 19.1 Å². The van der Waals surface area contributed by atoms with E-state index in [1.807, 2.05) is 44.2 Å². The van der Waals surface area contributed by atoms with Gasteiger partial charge in [-0.1, -0.05) is 18.2 Å². The molecule has 4 rings (SSSR count). The zero-order valence-electron chi connectivity index (χ0n) is 17.1. The Bertz CT molecular complexity index is 1130. The van der Waals surface area contributed by atoms with E-state index >= 15 is 0 Å². The molecule has 2 aromatic carbocycles. The number of hydrogen-bond donors (Lipinski definition) is 1. The number of pyridine rings is 1. The Kier molecular flexibility index (Phi) is 5.21. The maximum atomic E-state index is 12.8.